The van der Waals surface area contributed by atoms with Gasteiger partial charge in [0, 0.05) is 31.3 Å². The van der Waals surface area contributed by atoms with Crippen LogP contribution < -0.4 is 10.5 Å². The maximum atomic E-state index is 13.4. The summed E-state index contributed by atoms with van der Waals surface area (Å²) in [5, 5.41) is 4.61. The molecule has 0 amide bonds. The van der Waals surface area contributed by atoms with E-state index < -0.39 is 0 Å². The van der Waals surface area contributed by atoms with Crippen molar-refractivity contribution in [1.29, 1.82) is 0 Å². The molecule has 2 N–H and O–H groups in total. The van der Waals surface area contributed by atoms with E-state index in [-0.39, 0.29) is 30.5 Å². The van der Waals surface area contributed by atoms with Crippen LogP contribution in [0.2, 0.25) is 0 Å². The number of hydrogen-bond donors (Lipinski definition) is 1. The van der Waals surface area contributed by atoms with Gasteiger partial charge in [-0.1, -0.05) is 12.1 Å². The van der Waals surface area contributed by atoms with Gasteiger partial charge < -0.3 is 15.2 Å². The first-order valence-electron chi connectivity index (χ1n) is 9.68. The SMILES string of the molecule is CO[C@@H]1CC[C@H](c2nc(COc3cccc(F)c3)nn2-c2ccccn2)C[C@H]1N. The van der Waals surface area contributed by atoms with E-state index in [0.29, 0.717) is 17.4 Å². The first-order chi connectivity index (χ1) is 14.1. The van der Waals surface area contributed by atoms with Crippen molar-refractivity contribution in [2.75, 3.05) is 7.11 Å². The Morgan fingerprint density at radius 1 is 1.21 bits per heavy atom. The normalized spacial score (nSPS) is 21.8. The lowest BCUT2D eigenvalue weighted by molar-refractivity contribution is 0.0482. The summed E-state index contributed by atoms with van der Waals surface area (Å²) < 4.78 is 26.3. The van der Waals surface area contributed by atoms with E-state index >= 15 is 0 Å². The minimum absolute atomic E-state index is 0.0559. The maximum Gasteiger partial charge on any atom is 0.188 e. The topological polar surface area (TPSA) is 88.1 Å². The van der Waals surface area contributed by atoms with Crippen LogP contribution in [0.4, 0.5) is 4.39 Å². The number of ether oxygens (including phenoxy) is 2. The highest BCUT2D eigenvalue weighted by molar-refractivity contribution is 5.25. The molecule has 1 fully saturated rings. The second kappa shape index (κ2) is 8.67. The number of pyridine rings is 1. The van der Waals surface area contributed by atoms with Gasteiger partial charge in [-0.25, -0.2) is 14.4 Å². The highest BCUT2D eigenvalue weighted by atomic mass is 19.1. The van der Waals surface area contributed by atoms with E-state index in [1.54, 1.807) is 30.1 Å². The molecular weight excluding hydrogens is 373 g/mol. The molecule has 0 aliphatic heterocycles. The molecule has 0 radical (unpaired) electrons. The highest BCUT2D eigenvalue weighted by Crippen LogP contribution is 2.33. The standard InChI is InChI=1S/C21H24FN5O2/c1-28-18-9-8-14(11-17(18)23)21-25-19(13-29-16-6-4-5-15(22)12-16)26-27(21)20-7-2-3-10-24-20/h2-7,10,12,14,17-18H,8-9,11,13,23H2,1H3/t14-,17+,18+/m0/s1. The Hall–Kier alpha value is -2.84. The average Bonchev–Trinajstić information content (AvgIpc) is 3.17. The zero-order valence-electron chi connectivity index (χ0n) is 16.2. The van der Waals surface area contributed by atoms with Crippen molar-refractivity contribution in [3.63, 3.8) is 0 Å². The van der Waals surface area contributed by atoms with Crippen LogP contribution in [-0.4, -0.2) is 39.0 Å². The summed E-state index contributed by atoms with van der Waals surface area (Å²) in [6, 6.07) is 11.6. The predicted octanol–water partition coefficient (Wildman–Crippen LogP) is 2.99. The van der Waals surface area contributed by atoms with Crippen LogP contribution in [0.25, 0.3) is 5.82 Å². The lowest BCUT2D eigenvalue weighted by Gasteiger charge is -2.32. The fourth-order valence-corrected chi connectivity index (χ4v) is 3.75. The lowest BCUT2D eigenvalue weighted by atomic mass is 9.83. The second-order valence-corrected chi connectivity index (χ2v) is 7.18. The van der Waals surface area contributed by atoms with Gasteiger partial charge in [-0.2, -0.15) is 4.68 Å². The predicted molar refractivity (Wildman–Crippen MR) is 105 cm³/mol. The van der Waals surface area contributed by atoms with Crippen LogP contribution in [0.1, 0.15) is 36.8 Å². The van der Waals surface area contributed by atoms with Crippen LogP contribution in [0.15, 0.2) is 48.7 Å². The number of nitrogens with two attached hydrogens (primary N) is 1. The molecule has 29 heavy (non-hydrogen) atoms. The van der Waals surface area contributed by atoms with Gasteiger partial charge in [0.1, 0.15) is 24.0 Å². The molecule has 3 atom stereocenters. The molecule has 2 heterocycles. The van der Waals surface area contributed by atoms with Crippen LogP contribution in [0, 0.1) is 5.82 Å². The number of halogens is 1. The Bertz CT molecular complexity index is 949. The van der Waals surface area contributed by atoms with E-state index in [0.717, 1.165) is 25.1 Å². The van der Waals surface area contributed by atoms with Gasteiger partial charge in [-0.3, -0.25) is 0 Å². The summed E-state index contributed by atoms with van der Waals surface area (Å²) >= 11 is 0. The first-order valence-corrected chi connectivity index (χ1v) is 9.68. The van der Waals surface area contributed by atoms with Gasteiger partial charge >= 0.3 is 0 Å². The maximum absolute atomic E-state index is 13.4. The Kier molecular flexibility index (Phi) is 5.82. The molecule has 4 rings (SSSR count). The molecule has 3 aromatic rings. The fraction of sp³-hybridized carbons (Fsp3) is 0.381. The third-order valence-corrected chi connectivity index (χ3v) is 5.21. The van der Waals surface area contributed by atoms with Crippen molar-refractivity contribution < 1.29 is 13.9 Å². The zero-order valence-corrected chi connectivity index (χ0v) is 16.2. The number of methoxy groups -OCH3 is 1. The second-order valence-electron chi connectivity index (χ2n) is 7.18. The minimum atomic E-state index is -0.348. The molecule has 0 spiro atoms. The Morgan fingerprint density at radius 2 is 2.10 bits per heavy atom. The van der Waals surface area contributed by atoms with Crippen molar-refractivity contribution in [1.82, 2.24) is 19.7 Å². The molecule has 7 nitrogen and oxygen atoms in total. The minimum Gasteiger partial charge on any atom is -0.485 e. The molecule has 1 saturated carbocycles. The zero-order chi connectivity index (χ0) is 20.2. The van der Waals surface area contributed by atoms with Crippen LogP contribution in [0.3, 0.4) is 0 Å². The third-order valence-electron chi connectivity index (χ3n) is 5.21. The molecule has 1 aliphatic rings. The molecular formula is C21H24FN5O2. The molecule has 0 saturated heterocycles. The number of aromatic nitrogens is 4. The van der Waals surface area contributed by atoms with E-state index in [9.17, 15) is 4.39 Å². The lowest BCUT2D eigenvalue weighted by Crippen LogP contribution is -2.41. The summed E-state index contributed by atoms with van der Waals surface area (Å²) in [5.74, 6) is 2.24. The summed E-state index contributed by atoms with van der Waals surface area (Å²) in [5.41, 5.74) is 6.30. The van der Waals surface area contributed by atoms with Gasteiger partial charge in [0.15, 0.2) is 11.6 Å². The molecule has 1 aromatic carbocycles. The van der Waals surface area contributed by atoms with Crippen molar-refractivity contribution in [3.05, 3.63) is 66.1 Å². The monoisotopic (exact) mass is 397 g/mol. The number of nitrogens with zero attached hydrogens (tertiary/aromatic N) is 4. The number of benzene rings is 1. The molecule has 1 aliphatic carbocycles. The van der Waals surface area contributed by atoms with Gasteiger partial charge in [-0.05, 0) is 43.5 Å². The van der Waals surface area contributed by atoms with Crippen molar-refractivity contribution >= 4 is 0 Å². The van der Waals surface area contributed by atoms with E-state index in [2.05, 4.69) is 10.1 Å². The van der Waals surface area contributed by atoms with Gasteiger partial charge in [0.2, 0.25) is 0 Å². The van der Waals surface area contributed by atoms with Crippen molar-refractivity contribution in [3.8, 4) is 11.6 Å². The third kappa shape index (κ3) is 4.44. The molecule has 8 heteroatoms. The first kappa shape index (κ1) is 19.5. The molecule has 2 aromatic heterocycles. The molecule has 0 bridgehead atoms. The summed E-state index contributed by atoms with van der Waals surface area (Å²) in [7, 11) is 1.70. The van der Waals surface area contributed by atoms with E-state index in [1.165, 1.54) is 12.1 Å². The summed E-state index contributed by atoms with van der Waals surface area (Å²) in [6.07, 6.45) is 4.31. The summed E-state index contributed by atoms with van der Waals surface area (Å²) in [4.78, 5) is 9.14. The van der Waals surface area contributed by atoms with Crippen LogP contribution in [0.5, 0.6) is 5.75 Å². The molecule has 0 unspecified atom stereocenters. The average molecular weight is 397 g/mol. The Morgan fingerprint density at radius 3 is 2.83 bits per heavy atom. The van der Waals surface area contributed by atoms with Crippen molar-refractivity contribution in [2.24, 2.45) is 5.73 Å². The molecule has 152 valence electrons. The Balaban J connectivity index is 1.59. The van der Waals surface area contributed by atoms with E-state index in [1.807, 2.05) is 18.2 Å². The Labute approximate surface area is 168 Å². The van der Waals surface area contributed by atoms with Crippen LogP contribution >= 0.6 is 0 Å². The van der Waals surface area contributed by atoms with Gasteiger partial charge in [-0.15, -0.1) is 5.10 Å². The highest BCUT2D eigenvalue weighted by Gasteiger charge is 2.32. The number of hydrogen-bond acceptors (Lipinski definition) is 6. The fourth-order valence-electron chi connectivity index (χ4n) is 3.75. The smallest absolute Gasteiger partial charge is 0.188 e. The van der Waals surface area contributed by atoms with Gasteiger partial charge in [0.25, 0.3) is 0 Å². The number of rotatable bonds is 6. The largest absolute Gasteiger partial charge is 0.485 e. The quantitative estimate of drug-likeness (QED) is 0.688. The summed E-state index contributed by atoms with van der Waals surface area (Å²) in [6.45, 7) is 0.135. The van der Waals surface area contributed by atoms with E-state index in [4.69, 9.17) is 20.2 Å². The van der Waals surface area contributed by atoms with Gasteiger partial charge in [0.05, 0.1) is 6.10 Å². The van der Waals surface area contributed by atoms with Crippen LogP contribution in [-0.2, 0) is 11.3 Å². The van der Waals surface area contributed by atoms with Crippen molar-refractivity contribution in [2.45, 2.75) is 43.9 Å².